The minimum atomic E-state index is -0.420. The number of hydrogen-bond acceptors (Lipinski definition) is 3. The topological polar surface area (TPSA) is 73.5 Å². The number of nitrogens with zero attached hydrogens (tertiary/aromatic N) is 1. The van der Waals surface area contributed by atoms with Crippen LogP contribution in [0.3, 0.4) is 0 Å². The minimum Gasteiger partial charge on any atom is -0.338 e. The van der Waals surface area contributed by atoms with Crippen LogP contribution in [0.25, 0.3) is 0 Å². The summed E-state index contributed by atoms with van der Waals surface area (Å²) in [5.41, 5.74) is 1.28. The Morgan fingerprint density at radius 2 is 1.73 bits per heavy atom. The van der Waals surface area contributed by atoms with Crippen molar-refractivity contribution in [3.63, 3.8) is 0 Å². The number of urea groups is 1. The summed E-state index contributed by atoms with van der Waals surface area (Å²) in [5, 5.41) is 8.36. The fraction of sp³-hybridized carbons (Fsp3) is 0.391. The molecule has 1 heterocycles. The molecule has 7 heteroatoms. The standard InChI is InChI=1S/C23H29FN4O2/c1-2-11-28-12-9-17(10-13-28)16-25-23(30)27-20-7-3-5-18(14-20)22(29)26-21-8-4-6-19(24)15-21/h3-8,14-15,17H,2,9-13,16H2,1H3,(H,26,29)(H2,25,27,30). The number of rotatable bonds is 7. The average Bonchev–Trinajstić information content (AvgIpc) is 2.74. The molecule has 3 amide bonds. The maximum Gasteiger partial charge on any atom is 0.319 e. The van der Waals surface area contributed by atoms with Gasteiger partial charge in [0.25, 0.3) is 5.91 Å². The predicted octanol–water partition coefficient (Wildman–Crippen LogP) is 4.32. The first kappa shape index (κ1) is 21.8. The molecule has 1 aliphatic heterocycles. The zero-order valence-corrected chi connectivity index (χ0v) is 17.3. The first-order valence-electron chi connectivity index (χ1n) is 10.5. The Hall–Kier alpha value is -2.93. The van der Waals surface area contributed by atoms with E-state index in [2.05, 4.69) is 27.8 Å². The van der Waals surface area contributed by atoms with E-state index in [1.54, 1.807) is 30.3 Å². The van der Waals surface area contributed by atoms with Crippen molar-refractivity contribution in [2.24, 2.45) is 5.92 Å². The Bertz CT molecular complexity index is 866. The first-order chi connectivity index (χ1) is 14.5. The van der Waals surface area contributed by atoms with Crippen LogP contribution in [0.1, 0.15) is 36.5 Å². The number of likely N-dealkylation sites (tertiary alicyclic amines) is 1. The third kappa shape index (κ3) is 6.56. The number of piperidine rings is 1. The molecule has 3 rings (SSSR count). The second-order valence-corrected chi connectivity index (χ2v) is 7.67. The Balaban J connectivity index is 1.47. The van der Waals surface area contributed by atoms with Crippen molar-refractivity contribution in [2.45, 2.75) is 26.2 Å². The molecule has 0 atom stereocenters. The van der Waals surface area contributed by atoms with Gasteiger partial charge in [-0.15, -0.1) is 0 Å². The molecule has 1 aliphatic rings. The number of halogens is 1. The Labute approximate surface area is 176 Å². The SMILES string of the molecule is CCCN1CCC(CNC(=O)Nc2cccc(C(=O)Nc3cccc(F)c3)c2)CC1. The molecule has 0 saturated carbocycles. The number of benzene rings is 2. The van der Waals surface area contributed by atoms with Crippen LogP contribution in [0.4, 0.5) is 20.6 Å². The number of hydrogen-bond donors (Lipinski definition) is 3. The summed E-state index contributed by atoms with van der Waals surface area (Å²) in [6, 6.07) is 12.1. The van der Waals surface area contributed by atoms with E-state index in [4.69, 9.17) is 0 Å². The van der Waals surface area contributed by atoms with Gasteiger partial charge in [-0.3, -0.25) is 4.79 Å². The highest BCUT2D eigenvalue weighted by molar-refractivity contribution is 6.05. The zero-order chi connectivity index (χ0) is 21.3. The highest BCUT2D eigenvalue weighted by atomic mass is 19.1. The quantitative estimate of drug-likeness (QED) is 0.634. The van der Waals surface area contributed by atoms with Gasteiger partial charge in [-0.05, 0) is 81.2 Å². The van der Waals surface area contributed by atoms with Crippen molar-refractivity contribution in [3.8, 4) is 0 Å². The second kappa shape index (κ2) is 10.7. The van der Waals surface area contributed by atoms with E-state index in [-0.39, 0.29) is 11.9 Å². The van der Waals surface area contributed by atoms with Crippen molar-refractivity contribution in [2.75, 3.05) is 36.8 Å². The molecule has 0 aromatic heterocycles. The van der Waals surface area contributed by atoms with Crippen LogP contribution in [0, 0.1) is 11.7 Å². The van der Waals surface area contributed by atoms with E-state index in [0.29, 0.717) is 29.4 Å². The molecule has 0 radical (unpaired) electrons. The van der Waals surface area contributed by atoms with Gasteiger partial charge in [0.15, 0.2) is 0 Å². The van der Waals surface area contributed by atoms with Crippen molar-refractivity contribution in [1.82, 2.24) is 10.2 Å². The Kier molecular flexibility index (Phi) is 7.79. The molecule has 30 heavy (non-hydrogen) atoms. The fourth-order valence-electron chi connectivity index (χ4n) is 3.65. The van der Waals surface area contributed by atoms with Crippen LogP contribution in [0.2, 0.25) is 0 Å². The molecular weight excluding hydrogens is 383 g/mol. The second-order valence-electron chi connectivity index (χ2n) is 7.67. The molecule has 2 aromatic rings. The van der Waals surface area contributed by atoms with Gasteiger partial charge in [0.1, 0.15) is 5.82 Å². The van der Waals surface area contributed by atoms with E-state index >= 15 is 0 Å². The molecule has 160 valence electrons. The summed E-state index contributed by atoms with van der Waals surface area (Å²) >= 11 is 0. The first-order valence-corrected chi connectivity index (χ1v) is 10.5. The van der Waals surface area contributed by atoms with Crippen LogP contribution in [-0.2, 0) is 0 Å². The van der Waals surface area contributed by atoms with Crippen LogP contribution in [-0.4, -0.2) is 43.0 Å². The Morgan fingerprint density at radius 3 is 2.43 bits per heavy atom. The summed E-state index contributed by atoms with van der Waals surface area (Å²) in [6.45, 7) is 6.15. The zero-order valence-electron chi connectivity index (χ0n) is 17.3. The van der Waals surface area contributed by atoms with Crippen LogP contribution in [0.15, 0.2) is 48.5 Å². The van der Waals surface area contributed by atoms with Gasteiger partial charge in [-0.2, -0.15) is 0 Å². The number of anilines is 2. The van der Waals surface area contributed by atoms with Gasteiger partial charge in [0.05, 0.1) is 0 Å². The number of nitrogens with one attached hydrogen (secondary N) is 3. The largest absolute Gasteiger partial charge is 0.338 e. The van der Waals surface area contributed by atoms with Crippen molar-refractivity contribution >= 4 is 23.3 Å². The summed E-state index contributed by atoms with van der Waals surface area (Å²) < 4.78 is 13.3. The normalized spacial score (nSPS) is 14.9. The lowest BCUT2D eigenvalue weighted by molar-refractivity contribution is 0.102. The molecule has 0 bridgehead atoms. The Morgan fingerprint density at radius 1 is 1.03 bits per heavy atom. The van der Waals surface area contributed by atoms with Gasteiger partial charge in [-0.1, -0.05) is 19.1 Å². The van der Waals surface area contributed by atoms with Gasteiger partial charge in [0.2, 0.25) is 0 Å². The lowest BCUT2D eigenvalue weighted by Crippen LogP contribution is -2.40. The predicted molar refractivity (Wildman–Crippen MR) is 117 cm³/mol. The van der Waals surface area contributed by atoms with Crippen molar-refractivity contribution in [3.05, 3.63) is 59.9 Å². The molecule has 3 N–H and O–H groups in total. The molecule has 1 saturated heterocycles. The van der Waals surface area contributed by atoms with Gasteiger partial charge < -0.3 is 20.9 Å². The number of carbonyl (C=O) groups excluding carboxylic acids is 2. The van der Waals surface area contributed by atoms with Crippen LogP contribution >= 0.6 is 0 Å². The van der Waals surface area contributed by atoms with Gasteiger partial charge in [-0.25, -0.2) is 9.18 Å². The molecule has 0 unspecified atom stereocenters. The minimum absolute atomic E-state index is 0.284. The van der Waals surface area contributed by atoms with E-state index in [1.165, 1.54) is 24.6 Å². The molecular formula is C23H29FN4O2. The number of amides is 3. The monoisotopic (exact) mass is 412 g/mol. The lowest BCUT2D eigenvalue weighted by atomic mass is 9.97. The lowest BCUT2D eigenvalue weighted by Gasteiger charge is -2.31. The van der Waals surface area contributed by atoms with Crippen molar-refractivity contribution in [1.29, 1.82) is 0 Å². The number of carbonyl (C=O) groups is 2. The van der Waals surface area contributed by atoms with E-state index in [9.17, 15) is 14.0 Å². The maximum atomic E-state index is 13.3. The van der Waals surface area contributed by atoms with Crippen LogP contribution < -0.4 is 16.0 Å². The molecule has 0 aliphatic carbocycles. The van der Waals surface area contributed by atoms with E-state index in [1.807, 2.05) is 0 Å². The highest BCUT2D eigenvalue weighted by Gasteiger charge is 2.19. The molecule has 2 aromatic carbocycles. The van der Waals surface area contributed by atoms with Crippen molar-refractivity contribution < 1.29 is 14.0 Å². The molecule has 1 fully saturated rings. The fourth-order valence-corrected chi connectivity index (χ4v) is 3.65. The van der Waals surface area contributed by atoms with E-state index in [0.717, 1.165) is 32.5 Å². The summed E-state index contributed by atoms with van der Waals surface area (Å²) in [4.78, 5) is 27.1. The molecule has 0 spiro atoms. The summed E-state index contributed by atoms with van der Waals surface area (Å²) in [5.74, 6) is -0.299. The summed E-state index contributed by atoms with van der Waals surface area (Å²) in [7, 11) is 0. The highest BCUT2D eigenvalue weighted by Crippen LogP contribution is 2.17. The smallest absolute Gasteiger partial charge is 0.319 e. The van der Waals surface area contributed by atoms with Crippen LogP contribution in [0.5, 0.6) is 0 Å². The maximum absolute atomic E-state index is 13.3. The molecule has 6 nitrogen and oxygen atoms in total. The van der Waals surface area contributed by atoms with Gasteiger partial charge >= 0.3 is 6.03 Å². The third-order valence-corrected chi connectivity index (χ3v) is 5.26. The van der Waals surface area contributed by atoms with E-state index < -0.39 is 5.82 Å². The van der Waals surface area contributed by atoms with Gasteiger partial charge in [0, 0.05) is 23.5 Å². The summed E-state index contributed by atoms with van der Waals surface area (Å²) in [6.07, 6.45) is 3.36. The third-order valence-electron chi connectivity index (χ3n) is 5.26. The average molecular weight is 413 g/mol.